The SMILES string of the molecule is CC(C)(C)N1C2CCC(=O)C1CC2. The second-order valence-electron chi connectivity index (χ2n) is 5.33. The normalized spacial score (nSPS) is 35.5. The van der Waals surface area contributed by atoms with E-state index in [1.165, 1.54) is 6.42 Å². The van der Waals surface area contributed by atoms with Crippen LogP contribution in [0.15, 0.2) is 0 Å². The molecule has 2 aliphatic heterocycles. The molecular weight excluding hydrogens is 162 g/mol. The Morgan fingerprint density at radius 3 is 2.46 bits per heavy atom. The largest absolute Gasteiger partial charge is 0.298 e. The molecule has 2 rings (SSSR count). The van der Waals surface area contributed by atoms with Gasteiger partial charge in [0.15, 0.2) is 0 Å². The van der Waals surface area contributed by atoms with E-state index in [0.717, 1.165) is 19.3 Å². The van der Waals surface area contributed by atoms with Gasteiger partial charge in [-0.2, -0.15) is 0 Å². The number of nitrogens with zero attached hydrogens (tertiary/aromatic N) is 1. The van der Waals surface area contributed by atoms with Crippen molar-refractivity contribution in [2.45, 2.75) is 64.1 Å². The molecule has 0 saturated carbocycles. The summed E-state index contributed by atoms with van der Waals surface area (Å²) < 4.78 is 0. The van der Waals surface area contributed by atoms with Gasteiger partial charge in [0, 0.05) is 18.0 Å². The summed E-state index contributed by atoms with van der Waals surface area (Å²) in [5.74, 6) is 0.476. The molecule has 2 atom stereocenters. The van der Waals surface area contributed by atoms with E-state index in [0.29, 0.717) is 11.8 Å². The fourth-order valence-electron chi connectivity index (χ4n) is 2.97. The Hall–Kier alpha value is -0.370. The summed E-state index contributed by atoms with van der Waals surface area (Å²) in [6.07, 6.45) is 4.24. The number of ketones is 1. The van der Waals surface area contributed by atoms with Gasteiger partial charge in [-0.15, -0.1) is 0 Å². The molecule has 0 aliphatic carbocycles. The van der Waals surface area contributed by atoms with Crippen LogP contribution in [0.25, 0.3) is 0 Å². The number of fused-ring (bicyclic) bond motifs is 2. The standard InChI is InChI=1S/C11H19NO/c1-11(2,3)12-8-4-6-9(12)10(13)7-5-8/h8-9H,4-7H2,1-3H3. The van der Waals surface area contributed by atoms with E-state index in [1.807, 2.05) is 0 Å². The maximum atomic E-state index is 11.7. The first-order chi connectivity index (χ1) is 6.00. The molecule has 2 bridgehead atoms. The van der Waals surface area contributed by atoms with Gasteiger partial charge in [0.25, 0.3) is 0 Å². The Morgan fingerprint density at radius 2 is 1.92 bits per heavy atom. The van der Waals surface area contributed by atoms with Gasteiger partial charge in [-0.1, -0.05) is 0 Å². The summed E-state index contributed by atoms with van der Waals surface area (Å²) in [5, 5.41) is 0. The summed E-state index contributed by atoms with van der Waals surface area (Å²) in [6, 6.07) is 0.932. The van der Waals surface area contributed by atoms with Crippen LogP contribution < -0.4 is 0 Å². The molecule has 13 heavy (non-hydrogen) atoms. The van der Waals surface area contributed by atoms with Crippen LogP contribution in [0.4, 0.5) is 0 Å². The monoisotopic (exact) mass is 181 g/mol. The van der Waals surface area contributed by atoms with Crippen LogP contribution in [-0.4, -0.2) is 28.3 Å². The van der Waals surface area contributed by atoms with Gasteiger partial charge < -0.3 is 0 Å². The molecule has 74 valence electrons. The van der Waals surface area contributed by atoms with Crippen LogP contribution in [-0.2, 0) is 4.79 Å². The lowest BCUT2D eigenvalue weighted by molar-refractivity contribution is -0.129. The van der Waals surface area contributed by atoms with E-state index in [9.17, 15) is 4.79 Å². The molecule has 2 heterocycles. The lowest BCUT2D eigenvalue weighted by Gasteiger charge is -2.43. The highest BCUT2D eigenvalue weighted by atomic mass is 16.1. The van der Waals surface area contributed by atoms with Crippen LogP contribution >= 0.6 is 0 Å². The van der Waals surface area contributed by atoms with Crippen molar-refractivity contribution in [3.05, 3.63) is 0 Å². The number of Topliss-reactive ketones (excluding diaryl/α,β-unsaturated/α-hetero) is 1. The summed E-state index contributed by atoms with van der Waals surface area (Å²) >= 11 is 0. The summed E-state index contributed by atoms with van der Waals surface area (Å²) in [4.78, 5) is 14.1. The third-order valence-corrected chi connectivity index (χ3v) is 3.37. The maximum absolute atomic E-state index is 11.7. The first-order valence-corrected chi connectivity index (χ1v) is 5.31. The molecule has 0 aromatic carbocycles. The van der Waals surface area contributed by atoms with Crippen molar-refractivity contribution in [1.29, 1.82) is 0 Å². The molecule has 0 N–H and O–H groups in total. The Morgan fingerprint density at radius 1 is 1.23 bits per heavy atom. The molecule has 0 radical (unpaired) electrons. The topological polar surface area (TPSA) is 20.3 Å². The van der Waals surface area contributed by atoms with Crippen molar-refractivity contribution in [3.63, 3.8) is 0 Å². The van der Waals surface area contributed by atoms with Crippen molar-refractivity contribution >= 4 is 5.78 Å². The summed E-state index contributed by atoms with van der Waals surface area (Å²) in [6.45, 7) is 6.66. The minimum absolute atomic E-state index is 0.169. The molecule has 0 aromatic heterocycles. The molecule has 0 amide bonds. The van der Waals surface area contributed by atoms with Crippen LogP contribution in [0.1, 0.15) is 46.5 Å². The van der Waals surface area contributed by atoms with Gasteiger partial charge in [0.2, 0.25) is 0 Å². The zero-order chi connectivity index (χ0) is 9.64. The molecule has 2 fully saturated rings. The third-order valence-electron chi connectivity index (χ3n) is 3.37. The van der Waals surface area contributed by atoms with Crippen LogP contribution in [0.5, 0.6) is 0 Å². The van der Waals surface area contributed by atoms with Gasteiger partial charge in [-0.25, -0.2) is 0 Å². The Bertz CT molecular complexity index is 229. The third kappa shape index (κ3) is 1.41. The number of hydrogen-bond acceptors (Lipinski definition) is 2. The average molecular weight is 181 g/mol. The van der Waals surface area contributed by atoms with Gasteiger partial charge >= 0.3 is 0 Å². The molecule has 2 saturated heterocycles. The minimum atomic E-state index is 0.169. The minimum Gasteiger partial charge on any atom is -0.298 e. The van der Waals surface area contributed by atoms with E-state index < -0.39 is 0 Å². The zero-order valence-corrected chi connectivity index (χ0v) is 8.84. The Labute approximate surface area is 80.3 Å². The highest BCUT2D eigenvalue weighted by Crippen LogP contribution is 2.38. The van der Waals surface area contributed by atoms with Crippen molar-refractivity contribution in [2.75, 3.05) is 0 Å². The number of hydrogen-bond donors (Lipinski definition) is 0. The van der Waals surface area contributed by atoms with E-state index in [1.54, 1.807) is 0 Å². The van der Waals surface area contributed by atoms with Crippen molar-refractivity contribution in [3.8, 4) is 0 Å². The second kappa shape index (κ2) is 2.81. The molecule has 2 nitrogen and oxygen atoms in total. The molecule has 0 spiro atoms. The average Bonchev–Trinajstić information content (AvgIpc) is 2.35. The van der Waals surface area contributed by atoms with Gasteiger partial charge in [-0.05, 0) is 40.0 Å². The number of piperidine rings is 1. The summed E-state index contributed by atoms with van der Waals surface area (Å²) in [7, 11) is 0. The lowest BCUT2D eigenvalue weighted by Crippen LogP contribution is -2.54. The number of rotatable bonds is 0. The predicted molar refractivity (Wildman–Crippen MR) is 52.6 cm³/mol. The molecule has 2 unspecified atom stereocenters. The maximum Gasteiger partial charge on any atom is 0.150 e. The molecule has 2 aliphatic rings. The fourth-order valence-corrected chi connectivity index (χ4v) is 2.97. The highest BCUT2D eigenvalue weighted by Gasteiger charge is 2.45. The smallest absolute Gasteiger partial charge is 0.150 e. The van der Waals surface area contributed by atoms with Gasteiger partial charge in [-0.3, -0.25) is 9.69 Å². The predicted octanol–water partition coefficient (Wildman–Crippen LogP) is 1.98. The van der Waals surface area contributed by atoms with Crippen molar-refractivity contribution in [2.24, 2.45) is 0 Å². The molecule has 0 aromatic rings. The van der Waals surface area contributed by atoms with Crippen molar-refractivity contribution in [1.82, 2.24) is 4.90 Å². The first-order valence-electron chi connectivity index (χ1n) is 5.31. The number of carbonyl (C=O) groups excluding carboxylic acids is 1. The zero-order valence-electron chi connectivity index (χ0n) is 8.84. The second-order valence-corrected chi connectivity index (χ2v) is 5.33. The lowest BCUT2D eigenvalue weighted by atomic mass is 9.94. The van der Waals surface area contributed by atoms with E-state index in [2.05, 4.69) is 25.7 Å². The Kier molecular flexibility index (Phi) is 1.99. The van der Waals surface area contributed by atoms with E-state index >= 15 is 0 Å². The van der Waals surface area contributed by atoms with E-state index in [4.69, 9.17) is 0 Å². The highest BCUT2D eigenvalue weighted by molar-refractivity contribution is 5.85. The summed E-state index contributed by atoms with van der Waals surface area (Å²) in [5.41, 5.74) is 0.169. The van der Waals surface area contributed by atoms with Crippen LogP contribution in [0.3, 0.4) is 0 Å². The first kappa shape index (κ1) is 9.20. The van der Waals surface area contributed by atoms with Crippen LogP contribution in [0.2, 0.25) is 0 Å². The molecular formula is C11H19NO. The van der Waals surface area contributed by atoms with E-state index in [-0.39, 0.29) is 11.6 Å². The number of carbonyl (C=O) groups is 1. The van der Waals surface area contributed by atoms with Gasteiger partial charge in [0.05, 0.1) is 6.04 Å². The van der Waals surface area contributed by atoms with Gasteiger partial charge in [0.1, 0.15) is 5.78 Å². The molecule has 2 heteroatoms. The van der Waals surface area contributed by atoms with Crippen molar-refractivity contribution < 1.29 is 4.79 Å². The Balaban J connectivity index is 2.24. The van der Waals surface area contributed by atoms with Crippen LogP contribution in [0, 0.1) is 0 Å². The fraction of sp³-hybridized carbons (Fsp3) is 0.909. The quantitative estimate of drug-likeness (QED) is 0.569.